The smallest absolute Gasteiger partial charge is 0.260 e. The number of nitrogens with two attached hydrogens (primary N) is 1. The van der Waals surface area contributed by atoms with Gasteiger partial charge in [-0.2, -0.15) is 0 Å². The fourth-order valence-electron chi connectivity index (χ4n) is 3.43. The number of aromatic nitrogens is 3. The molecule has 7 nitrogen and oxygen atoms in total. The van der Waals surface area contributed by atoms with Crippen molar-refractivity contribution in [1.82, 2.24) is 19.3 Å². The number of methoxy groups -OCH3 is 1. The van der Waals surface area contributed by atoms with Gasteiger partial charge in [-0.25, -0.2) is 18.7 Å². The molecule has 26 heavy (non-hydrogen) atoms. The number of fused-ring (bicyclic) bond motifs is 3. The van der Waals surface area contributed by atoms with E-state index in [4.69, 9.17) is 10.5 Å². The van der Waals surface area contributed by atoms with Crippen molar-refractivity contribution in [2.75, 3.05) is 25.9 Å². The standard InChI is InChI=1S/C17H19F2N5O2/c1-26-12-5-2-4-10-13(12)22-16(20)24-8-11(21-14(10)24)15(25)23-7-3-6-17(18,19)9-23/h2,4-5,8,15,25H,3,6-7,9H2,1H3,(H2,20,22). The Balaban J connectivity index is 1.80. The van der Waals surface area contributed by atoms with Crippen LogP contribution >= 0.6 is 0 Å². The number of anilines is 1. The third-order valence-corrected chi connectivity index (χ3v) is 4.69. The molecule has 1 aromatic carbocycles. The summed E-state index contributed by atoms with van der Waals surface area (Å²) in [5.41, 5.74) is 7.32. The Morgan fingerprint density at radius 1 is 1.35 bits per heavy atom. The number of imidazole rings is 1. The fourth-order valence-corrected chi connectivity index (χ4v) is 3.43. The summed E-state index contributed by atoms with van der Waals surface area (Å²) in [6, 6.07) is 5.38. The molecule has 1 aliphatic rings. The van der Waals surface area contributed by atoms with Gasteiger partial charge in [-0.3, -0.25) is 9.30 Å². The van der Waals surface area contributed by atoms with Gasteiger partial charge in [0.2, 0.25) is 5.95 Å². The number of para-hydroxylation sites is 1. The SMILES string of the molecule is COc1cccc2c1nc(N)n1cc(C(O)N3CCCC(F)(F)C3)nc21. The number of hydrogen-bond donors (Lipinski definition) is 2. The molecule has 3 heterocycles. The molecule has 0 amide bonds. The summed E-state index contributed by atoms with van der Waals surface area (Å²) < 4.78 is 34.2. The molecule has 138 valence electrons. The Labute approximate surface area is 148 Å². The van der Waals surface area contributed by atoms with Gasteiger partial charge in [0.15, 0.2) is 6.23 Å². The molecule has 1 fully saturated rings. The van der Waals surface area contributed by atoms with Crippen molar-refractivity contribution in [2.45, 2.75) is 25.0 Å². The third kappa shape index (κ3) is 2.73. The molecule has 0 saturated carbocycles. The van der Waals surface area contributed by atoms with E-state index < -0.39 is 18.7 Å². The average Bonchev–Trinajstić information content (AvgIpc) is 3.06. The molecular weight excluding hydrogens is 344 g/mol. The molecular formula is C17H19F2N5O2. The molecule has 3 N–H and O–H groups in total. The monoisotopic (exact) mass is 363 g/mol. The predicted molar refractivity (Wildman–Crippen MR) is 92.2 cm³/mol. The molecule has 0 radical (unpaired) electrons. The van der Waals surface area contributed by atoms with Gasteiger partial charge in [-0.05, 0) is 18.6 Å². The highest BCUT2D eigenvalue weighted by molar-refractivity contribution is 5.96. The zero-order chi connectivity index (χ0) is 18.5. The van der Waals surface area contributed by atoms with Gasteiger partial charge < -0.3 is 15.6 Å². The second-order valence-corrected chi connectivity index (χ2v) is 6.49. The van der Waals surface area contributed by atoms with Crippen LogP contribution in [-0.2, 0) is 0 Å². The van der Waals surface area contributed by atoms with Crippen LogP contribution in [0, 0.1) is 0 Å². The van der Waals surface area contributed by atoms with Crippen LogP contribution in [0.2, 0.25) is 0 Å². The van der Waals surface area contributed by atoms with Gasteiger partial charge in [-0.1, -0.05) is 6.07 Å². The highest BCUT2D eigenvalue weighted by Gasteiger charge is 2.38. The first kappa shape index (κ1) is 16.9. The van der Waals surface area contributed by atoms with Crippen molar-refractivity contribution in [2.24, 2.45) is 0 Å². The summed E-state index contributed by atoms with van der Waals surface area (Å²) >= 11 is 0. The molecule has 2 aromatic heterocycles. The molecule has 1 unspecified atom stereocenters. The maximum absolute atomic E-state index is 13.7. The van der Waals surface area contributed by atoms with E-state index in [0.717, 1.165) is 0 Å². The quantitative estimate of drug-likeness (QED) is 0.742. The maximum Gasteiger partial charge on any atom is 0.260 e. The van der Waals surface area contributed by atoms with Crippen molar-refractivity contribution >= 4 is 22.5 Å². The number of hydrogen-bond acceptors (Lipinski definition) is 6. The highest BCUT2D eigenvalue weighted by atomic mass is 19.3. The first-order valence-corrected chi connectivity index (χ1v) is 8.31. The van der Waals surface area contributed by atoms with E-state index in [1.54, 1.807) is 16.5 Å². The minimum absolute atomic E-state index is 0.164. The number of likely N-dealkylation sites (tertiary alicyclic amines) is 1. The first-order valence-electron chi connectivity index (χ1n) is 8.31. The Morgan fingerprint density at radius 2 is 2.15 bits per heavy atom. The summed E-state index contributed by atoms with van der Waals surface area (Å²) in [6.07, 6.45) is 0.457. The van der Waals surface area contributed by atoms with Crippen molar-refractivity contribution in [1.29, 1.82) is 0 Å². The Kier molecular flexibility index (Phi) is 3.92. The minimum atomic E-state index is -2.81. The number of nitrogen functional groups attached to an aromatic ring is 1. The Morgan fingerprint density at radius 3 is 2.88 bits per heavy atom. The van der Waals surface area contributed by atoms with Crippen LogP contribution in [-0.4, -0.2) is 50.5 Å². The zero-order valence-corrected chi connectivity index (χ0v) is 14.2. The summed E-state index contributed by atoms with van der Waals surface area (Å²) in [5, 5.41) is 11.3. The van der Waals surface area contributed by atoms with E-state index >= 15 is 0 Å². The van der Waals surface area contributed by atoms with Gasteiger partial charge in [0.25, 0.3) is 5.92 Å². The van der Waals surface area contributed by atoms with E-state index in [1.165, 1.54) is 18.2 Å². The minimum Gasteiger partial charge on any atom is -0.494 e. The number of benzene rings is 1. The van der Waals surface area contributed by atoms with Gasteiger partial charge in [0.1, 0.15) is 22.6 Å². The van der Waals surface area contributed by atoms with Crippen LogP contribution in [0.5, 0.6) is 5.75 Å². The lowest BCUT2D eigenvalue weighted by molar-refractivity contribution is -0.115. The van der Waals surface area contributed by atoms with Gasteiger partial charge in [0.05, 0.1) is 13.7 Å². The molecule has 1 atom stereocenters. The van der Waals surface area contributed by atoms with E-state index in [-0.39, 0.29) is 18.1 Å². The molecule has 1 saturated heterocycles. The van der Waals surface area contributed by atoms with E-state index in [2.05, 4.69) is 9.97 Å². The number of rotatable bonds is 3. The lowest BCUT2D eigenvalue weighted by Gasteiger charge is -2.34. The zero-order valence-electron chi connectivity index (χ0n) is 14.2. The predicted octanol–water partition coefficient (Wildman–Crippen LogP) is 2.20. The average molecular weight is 363 g/mol. The lowest BCUT2D eigenvalue weighted by atomic mass is 10.1. The summed E-state index contributed by atoms with van der Waals surface area (Å²) in [5.74, 6) is -2.08. The van der Waals surface area contributed by atoms with Crippen molar-refractivity contribution in [3.05, 3.63) is 30.1 Å². The van der Waals surface area contributed by atoms with Gasteiger partial charge >= 0.3 is 0 Å². The first-order chi connectivity index (χ1) is 12.4. The second-order valence-electron chi connectivity index (χ2n) is 6.49. The van der Waals surface area contributed by atoms with Crippen LogP contribution in [0.15, 0.2) is 24.4 Å². The molecule has 1 aliphatic heterocycles. The highest BCUT2D eigenvalue weighted by Crippen LogP contribution is 2.33. The Bertz CT molecular complexity index is 975. The topological polar surface area (TPSA) is 88.9 Å². The number of nitrogens with zero attached hydrogens (tertiary/aromatic N) is 4. The third-order valence-electron chi connectivity index (χ3n) is 4.69. The lowest BCUT2D eigenvalue weighted by Crippen LogP contribution is -2.44. The van der Waals surface area contributed by atoms with Crippen molar-refractivity contribution in [3.8, 4) is 5.75 Å². The summed E-state index contributed by atoms with van der Waals surface area (Å²) in [4.78, 5) is 10.1. The van der Waals surface area contributed by atoms with Gasteiger partial charge in [-0.15, -0.1) is 0 Å². The summed E-state index contributed by atoms with van der Waals surface area (Å²) in [7, 11) is 1.54. The number of piperidine rings is 1. The van der Waals surface area contributed by atoms with E-state index in [1.807, 2.05) is 6.07 Å². The molecule has 0 bridgehead atoms. The second kappa shape index (κ2) is 6.03. The number of ether oxygens (including phenoxy) is 1. The summed E-state index contributed by atoms with van der Waals surface area (Å²) in [6.45, 7) is -0.114. The van der Waals surface area contributed by atoms with Crippen LogP contribution < -0.4 is 10.5 Å². The number of alkyl halides is 2. The molecule has 4 rings (SSSR count). The van der Waals surface area contributed by atoms with Crippen LogP contribution in [0.1, 0.15) is 24.8 Å². The number of halogens is 2. The molecule has 0 spiro atoms. The number of aliphatic hydroxyl groups excluding tert-OH is 1. The van der Waals surface area contributed by atoms with Gasteiger partial charge in [0, 0.05) is 24.5 Å². The fraction of sp³-hybridized carbons (Fsp3) is 0.412. The maximum atomic E-state index is 13.7. The van der Waals surface area contributed by atoms with Crippen molar-refractivity contribution < 1.29 is 18.6 Å². The largest absolute Gasteiger partial charge is 0.494 e. The molecule has 9 heteroatoms. The van der Waals surface area contributed by atoms with Crippen LogP contribution in [0.4, 0.5) is 14.7 Å². The molecule has 3 aromatic rings. The van der Waals surface area contributed by atoms with Crippen LogP contribution in [0.3, 0.4) is 0 Å². The van der Waals surface area contributed by atoms with Crippen LogP contribution in [0.25, 0.3) is 16.6 Å². The number of aliphatic hydroxyl groups is 1. The normalized spacial score (nSPS) is 19.1. The Hall–Kier alpha value is -2.52. The van der Waals surface area contributed by atoms with E-state index in [9.17, 15) is 13.9 Å². The molecule has 0 aliphatic carbocycles. The van der Waals surface area contributed by atoms with E-state index in [0.29, 0.717) is 35.3 Å². The van der Waals surface area contributed by atoms with Crippen molar-refractivity contribution in [3.63, 3.8) is 0 Å².